The van der Waals surface area contributed by atoms with Gasteiger partial charge in [0.1, 0.15) is 0 Å². The number of aryl methyl sites for hydroxylation is 1. The topological polar surface area (TPSA) is 66.5 Å². The summed E-state index contributed by atoms with van der Waals surface area (Å²) in [5.74, 6) is 0.112. The van der Waals surface area contributed by atoms with Crippen molar-refractivity contribution in [3.63, 3.8) is 0 Å². The second-order valence-corrected chi connectivity index (χ2v) is 8.35. The zero-order chi connectivity index (χ0) is 15.8. The van der Waals surface area contributed by atoms with Gasteiger partial charge in [0.25, 0.3) is 0 Å². The summed E-state index contributed by atoms with van der Waals surface area (Å²) >= 11 is 0. The zero-order valence-electron chi connectivity index (χ0n) is 12.8. The maximum Gasteiger partial charge on any atom is 0.243 e. The summed E-state index contributed by atoms with van der Waals surface area (Å²) in [5, 5.41) is 2.93. The van der Waals surface area contributed by atoms with Crippen LogP contribution in [0.3, 0.4) is 0 Å². The molecule has 2 heterocycles. The van der Waals surface area contributed by atoms with Crippen molar-refractivity contribution in [2.24, 2.45) is 5.41 Å². The Morgan fingerprint density at radius 2 is 1.82 bits per heavy atom. The van der Waals surface area contributed by atoms with Gasteiger partial charge in [0.15, 0.2) is 0 Å². The van der Waals surface area contributed by atoms with Gasteiger partial charge in [-0.15, -0.1) is 0 Å². The predicted octanol–water partition coefficient (Wildman–Crippen LogP) is 1.68. The minimum absolute atomic E-state index is 0.0890. The van der Waals surface area contributed by atoms with Gasteiger partial charge in [-0.2, -0.15) is 4.31 Å². The highest BCUT2D eigenvalue weighted by atomic mass is 32.2. The van der Waals surface area contributed by atoms with Gasteiger partial charge in [-0.3, -0.25) is 4.79 Å². The van der Waals surface area contributed by atoms with Gasteiger partial charge in [0.05, 0.1) is 4.90 Å². The molecule has 0 aromatic heterocycles. The first-order valence-corrected chi connectivity index (χ1v) is 9.20. The van der Waals surface area contributed by atoms with Crippen molar-refractivity contribution in [1.82, 2.24) is 9.62 Å². The molecule has 0 unspecified atom stereocenters. The molecule has 3 rings (SSSR count). The number of carbonyl (C=O) groups is 1. The average Bonchev–Trinajstić information content (AvgIpc) is 2.51. The molecule has 0 aliphatic carbocycles. The van der Waals surface area contributed by atoms with Crippen LogP contribution in [0.25, 0.3) is 0 Å². The fourth-order valence-electron chi connectivity index (χ4n) is 3.45. The molecule has 1 aromatic carbocycles. The van der Waals surface area contributed by atoms with Crippen LogP contribution in [0.15, 0.2) is 29.2 Å². The van der Waals surface area contributed by atoms with Gasteiger partial charge in [0, 0.05) is 26.1 Å². The number of nitrogens with zero attached hydrogens (tertiary/aromatic N) is 1. The molecule has 2 saturated heterocycles. The molecule has 2 fully saturated rings. The highest BCUT2D eigenvalue weighted by Crippen LogP contribution is 2.39. The second-order valence-electron chi connectivity index (χ2n) is 6.45. The molecule has 0 radical (unpaired) electrons. The maximum atomic E-state index is 12.8. The minimum Gasteiger partial charge on any atom is -0.356 e. The first-order chi connectivity index (χ1) is 10.4. The molecule has 5 nitrogen and oxygen atoms in total. The number of rotatable bonds is 2. The van der Waals surface area contributed by atoms with Crippen LogP contribution >= 0.6 is 0 Å². The van der Waals surface area contributed by atoms with Gasteiger partial charge in [-0.1, -0.05) is 18.2 Å². The van der Waals surface area contributed by atoms with Crippen molar-refractivity contribution in [2.75, 3.05) is 19.6 Å². The van der Waals surface area contributed by atoms with E-state index in [1.54, 1.807) is 16.4 Å². The summed E-state index contributed by atoms with van der Waals surface area (Å²) in [6, 6.07) is 7.12. The molecule has 0 bridgehead atoms. The van der Waals surface area contributed by atoms with Crippen molar-refractivity contribution >= 4 is 15.9 Å². The molecular formula is C16H22N2O3S. The fraction of sp³-hybridized carbons (Fsp3) is 0.562. The van der Waals surface area contributed by atoms with Gasteiger partial charge >= 0.3 is 0 Å². The van der Waals surface area contributed by atoms with E-state index in [2.05, 4.69) is 5.32 Å². The molecule has 0 atom stereocenters. The van der Waals surface area contributed by atoms with E-state index in [4.69, 9.17) is 0 Å². The number of hydrogen-bond acceptors (Lipinski definition) is 3. The smallest absolute Gasteiger partial charge is 0.243 e. The molecule has 2 aliphatic rings. The lowest BCUT2D eigenvalue weighted by atomic mass is 9.73. The summed E-state index contributed by atoms with van der Waals surface area (Å²) < 4.78 is 27.2. The molecule has 22 heavy (non-hydrogen) atoms. The van der Waals surface area contributed by atoms with Crippen LogP contribution < -0.4 is 5.32 Å². The Morgan fingerprint density at radius 1 is 1.14 bits per heavy atom. The fourth-order valence-corrected chi connectivity index (χ4v) is 5.12. The first kappa shape index (κ1) is 15.5. The standard InChI is InChI=1S/C16H22N2O3S/c1-13-4-2-3-5-14(13)22(20,21)18-10-8-16(9-11-18)7-6-15(19)17-12-16/h2-5H,6-12H2,1H3,(H,17,19). The van der Waals surface area contributed by atoms with Crippen LogP contribution in [0.2, 0.25) is 0 Å². The summed E-state index contributed by atoms with van der Waals surface area (Å²) in [4.78, 5) is 11.7. The Labute approximate surface area is 131 Å². The van der Waals surface area contributed by atoms with Crippen molar-refractivity contribution in [2.45, 2.75) is 37.5 Å². The predicted molar refractivity (Wildman–Crippen MR) is 83.8 cm³/mol. The van der Waals surface area contributed by atoms with Crippen LogP contribution in [0.5, 0.6) is 0 Å². The lowest BCUT2D eigenvalue weighted by molar-refractivity contribution is -0.124. The Kier molecular flexibility index (Phi) is 3.99. The van der Waals surface area contributed by atoms with Gasteiger partial charge in [-0.25, -0.2) is 8.42 Å². The summed E-state index contributed by atoms with van der Waals surface area (Å²) in [6.07, 6.45) is 3.07. The summed E-state index contributed by atoms with van der Waals surface area (Å²) in [5.41, 5.74) is 0.874. The zero-order valence-corrected chi connectivity index (χ0v) is 13.7. The Bertz CT molecular complexity index is 664. The third-order valence-corrected chi connectivity index (χ3v) is 7.10. The monoisotopic (exact) mass is 322 g/mol. The second kappa shape index (κ2) is 5.66. The molecule has 1 N–H and O–H groups in total. The van der Waals surface area contributed by atoms with E-state index in [9.17, 15) is 13.2 Å². The van der Waals surface area contributed by atoms with Crippen molar-refractivity contribution < 1.29 is 13.2 Å². The normalized spacial score (nSPS) is 22.5. The van der Waals surface area contributed by atoms with Crippen LogP contribution in [-0.4, -0.2) is 38.3 Å². The Morgan fingerprint density at radius 3 is 2.41 bits per heavy atom. The number of amides is 1. The van der Waals surface area contributed by atoms with Crippen molar-refractivity contribution in [3.05, 3.63) is 29.8 Å². The molecule has 1 amide bonds. The minimum atomic E-state index is -3.41. The number of piperidine rings is 2. The third-order valence-electron chi connectivity index (χ3n) is 5.04. The lowest BCUT2D eigenvalue weighted by Crippen LogP contribution is -2.50. The van der Waals surface area contributed by atoms with Gasteiger partial charge < -0.3 is 5.32 Å². The molecule has 1 spiro atoms. The molecule has 0 saturated carbocycles. The van der Waals surface area contributed by atoms with E-state index in [1.165, 1.54) is 0 Å². The first-order valence-electron chi connectivity index (χ1n) is 7.76. The quantitative estimate of drug-likeness (QED) is 0.901. The van der Waals surface area contributed by atoms with Crippen LogP contribution in [0, 0.1) is 12.3 Å². The third kappa shape index (κ3) is 2.77. The van der Waals surface area contributed by atoms with Crippen LogP contribution in [0.1, 0.15) is 31.2 Å². The SMILES string of the molecule is Cc1ccccc1S(=O)(=O)N1CCC2(CCC(=O)NC2)CC1. The Hall–Kier alpha value is -1.40. The average molecular weight is 322 g/mol. The largest absolute Gasteiger partial charge is 0.356 e. The number of hydrogen-bond donors (Lipinski definition) is 1. The highest BCUT2D eigenvalue weighted by molar-refractivity contribution is 7.89. The molecule has 6 heteroatoms. The van der Waals surface area contributed by atoms with Crippen molar-refractivity contribution in [3.8, 4) is 0 Å². The number of benzene rings is 1. The molecule has 120 valence electrons. The number of sulfonamides is 1. The molecular weight excluding hydrogens is 300 g/mol. The van der Waals surface area contributed by atoms with E-state index >= 15 is 0 Å². The number of carbonyl (C=O) groups excluding carboxylic acids is 1. The highest BCUT2D eigenvalue weighted by Gasteiger charge is 2.40. The van der Waals surface area contributed by atoms with E-state index in [0.29, 0.717) is 31.0 Å². The van der Waals surface area contributed by atoms with Crippen LogP contribution in [-0.2, 0) is 14.8 Å². The van der Waals surface area contributed by atoms with Gasteiger partial charge in [-0.05, 0) is 43.2 Å². The summed E-state index contributed by atoms with van der Waals surface area (Å²) in [7, 11) is -3.41. The van der Waals surface area contributed by atoms with Crippen LogP contribution in [0.4, 0.5) is 0 Å². The van der Waals surface area contributed by atoms with E-state index in [0.717, 1.165) is 24.8 Å². The Balaban J connectivity index is 1.74. The molecule has 2 aliphatic heterocycles. The summed E-state index contributed by atoms with van der Waals surface area (Å²) in [6.45, 7) is 3.58. The van der Waals surface area contributed by atoms with E-state index in [-0.39, 0.29) is 11.3 Å². The van der Waals surface area contributed by atoms with E-state index in [1.807, 2.05) is 19.1 Å². The number of nitrogens with one attached hydrogen (secondary N) is 1. The van der Waals surface area contributed by atoms with Crippen molar-refractivity contribution in [1.29, 1.82) is 0 Å². The van der Waals surface area contributed by atoms with Gasteiger partial charge in [0.2, 0.25) is 15.9 Å². The lowest BCUT2D eigenvalue weighted by Gasteiger charge is -2.43. The maximum absolute atomic E-state index is 12.8. The van der Waals surface area contributed by atoms with E-state index < -0.39 is 10.0 Å². The molecule has 1 aromatic rings.